The van der Waals surface area contributed by atoms with Crippen LogP contribution in [0.2, 0.25) is 0 Å². The maximum atomic E-state index is 10.9. The molecule has 1 saturated heterocycles. The van der Waals surface area contributed by atoms with Crippen molar-refractivity contribution in [1.29, 1.82) is 0 Å². The Morgan fingerprint density at radius 2 is 2.09 bits per heavy atom. The summed E-state index contributed by atoms with van der Waals surface area (Å²) < 4.78 is 5.73. The molecule has 5 heteroatoms. The van der Waals surface area contributed by atoms with Gasteiger partial charge in [-0.05, 0) is 57.3 Å². The van der Waals surface area contributed by atoms with E-state index in [1.54, 1.807) is 0 Å². The van der Waals surface area contributed by atoms with Crippen LogP contribution in [0.1, 0.15) is 30.4 Å². The molecule has 0 spiro atoms. The summed E-state index contributed by atoms with van der Waals surface area (Å²) in [5.74, 6) is 1.01. The smallest absolute Gasteiger partial charge is 0.217 e. The van der Waals surface area contributed by atoms with Gasteiger partial charge in [-0.1, -0.05) is 17.7 Å². The van der Waals surface area contributed by atoms with E-state index in [0.717, 1.165) is 37.2 Å². The number of primary amides is 1. The van der Waals surface area contributed by atoms with Gasteiger partial charge in [0.25, 0.3) is 0 Å². The van der Waals surface area contributed by atoms with Gasteiger partial charge in [0.2, 0.25) is 5.91 Å². The average Bonchev–Trinajstić information content (AvgIpc) is 2.48. The molecule has 1 amide bonds. The molecular formula is C18H28N2O3. The molecule has 0 aromatic heterocycles. The second-order valence-corrected chi connectivity index (χ2v) is 6.65. The number of piperidine rings is 1. The van der Waals surface area contributed by atoms with Crippen LogP contribution in [-0.2, 0) is 4.79 Å². The van der Waals surface area contributed by atoms with Crippen LogP contribution in [0.3, 0.4) is 0 Å². The lowest BCUT2D eigenvalue weighted by Crippen LogP contribution is -2.41. The highest BCUT2D eigenvalue weighted by molar-refractivity contribution is 5.73. The Kier molecular flexibility index (Phi) is 6.42. The lowest BCUT2D eigenvalue weighted by Gasteiger charge is -2.32. The van der Waals surface area contributed by atoms with Gasteiger partial charge < -0.3 is 20.5 Å². The zero-order valence-electron chi connectivity index (χ0n) is 14.1. The summed E-state index contributed by atoms with van der Waals surface area (Å²) in [7, 11) is 0. The number of ether oxygens (including phenoxy) is 1. The largest absolute Gasteiger partial charge is 0.491 e. The minimum atomic E-state index is -0.511. The van der Waals surface area contributed by atoms with Crippen molar-refractivity contribution in [3.05, 3.63) is 29.3 Å². The Hall–Kier alpha value is -1.59. The molecule has 128 valence electrons. The summed E-state index contributed by atoms with van der Waals surface area (Å²) in [6.07, 6.45) is 1.90. The molecule has 1 aromatic carbocycles. The van der Waals surface area contributed by atoms with Gasteiger partial charge in [-0.15, -0.1) is 0 Å². The van der Waals surface area contributed by atoms with Gasteiger partial charge in [-0.3, -0.25) is 4.79 Å². The quantitative estimate of drug-likeness (QED) is 0.801. The van der Waals surface area contributed by atoms with Crippen molar-refractivity contribution < 1.29 is 14.6 Å². The van der Waals surface area contributed by atoms with Crippen LogP contribution < -0.4 is 10.5 Å². The summed E-state index contributed by atoms with van der Waals surface area (Å²) in [6.45, 7) is 6.77. The Bertz CT molecular complexity index is 525. The number of hydrogen-bond donors (Lipinski definition) is 2. The van der Waals surface area contributed by atoms with Crippen molar-refractivity contribution >= 4 is 5.91 Å². The zero-order valence-corrected chi connectivity index (χ0v) is 14.1. The van der Waals surface area contributed by atoms with Crippen molar-refractivity contribution in [1.82, 2.24) is 4.90 Å². The predicted octanol–water partition coefficient (Wildman–Crippen LogP) is 1.63. The monoisotopic (exact) mass is 320 g/mol. The van der Waals surface area contributed by atoms with Gasteiger partial charge >= 0.3 is 0 Å². The van der Waals surface area contributed by atoms with Crippen LogP contribution in [0.4, 0.5) is 0 Å². The Labute approximate surface area is 138 Å². The molecule has 1 aromatic rings. The van der Waals surface area contributed by atoms with Crippen molar-refractivity contribution in [3.8, 4) is 5.75 Å². The number of carbonyl (C=O) groups is 1. The first kappa shape index (κ1) is 17.8. The van der Waals surface area contributed by atoms with Crippen LogP contribution in [-0.4, -0.2) is 48.3 Å². The molecule has 1 atom stereocenters. The van der Waals surface area contributed by atoms with Gasteiger partial charge in [0.05, 0.1) is 0 Å². The highest BCUT2D eigenvalue weighted by Crippen LogP contribution is 2.21. The van der Waals surface area contributed by atoms with Crippen LogP contribution in [0.15, 0.2) is 18.2 Å². The van der Waals surface area contributed by atoms with E-state index in [1.165, 1.54) is 5.56 Å². The first-order valence-corrected chi connectivity index (χ1v) is 8.33. The van der Waals surface area contributed by atoms with Crippen molar-refractivity contribution in [2.75, 3.05) is 26.2 Å². The SMILES string of the molecule is Cc1ccc(OCC(O)CN2CCC(CC(N)=O)CC2)c(C)c1. The minimum absolute atomic E-state index is 0.217. The van der Waals surface area contributed by atoms with E-state index in [1.807, 2.05) is 26.0 Å². The third kappa shape index (κ3) is 5.84. The summed E-state index contributed by atoms with van der Waals surface area (Å²) >= 11 is 0. The fourth-order valence-electron chi connectivity index (χ4n) is 3.16. The fraction of sp³-hybridized carbons (Fsp3) is 0.611. The number of hydrogen-bond acceptors (Lipinski definition) is 4. The molecule has 1 fully saturated rings. The first-order chi connectivity index (χ1) is 10.9. The third-order valence-corrected chi connectivity index (χ3v) is 4.43. The number of aryl methyl sites for hydroxylation is 2. The van der Waals surface area contributed by atoms with Crippen LogP contribution >= 0.6 is 0 Å². The van der Waals surface area contributed by atoms with Gasteiger partial charge in [-0.2, -0.15) is 0 Å². The van der Waals surface area contributed by atoms with E-state index in [2.05, 4.69) is 11.0 Å². The molecular weight excluding hydrogens is 292 g/mol. The summed E-state index contributed by atoms with van der Waals surface area (Å²) in [5, 5.41) is 10.2. The van der Waals surface area contributed by atoms with Crippen LogP contribution in [0.5, 0.6) is 5.75 Å². The molecule has 2 rings (SSSR count). The number of aliphatic hydroxyl groups excluding tert-OH is 1. The van der Waals surface area contributed by atoms with E-state index in [4.69, 9.17) is 10.5 Å². The molecule has 0 radical (unpaired) electrons. The maximum absolute atomic E-state index is 10.9. The molecule has 0 aliphatic carbocycles. The van der Waals surface area contributed by atoms with Crippen molar-refractivity contribution in [2.24, 2.45) is 11.7 Å². The molecule has 1 aliphatic rings. The number of aliphatic hydroxyl groups is 1. The Morgan fingerprint density at radius 3 is 2.70 bits per heavy atom. The van der Waals surface area contributed by atoms with Gasteiger partial charge in [0.15, 0.2) is 0 Å². The lowest BCUT2D eigenvalue weighted by molar-refractivity contribution is -0.119. The number of β-amino-alcohol motifs (C(OH)–C–C–N with tert-alkyl or cyclic N) is 1. The van der Waals surface area contributed by atoms with Gasteiger partial charge in [0, 0.05) is 13.0 Å². The van der Waals surface area contributed by atoms with E-state index in [0.29, 0.717) is 25.5 Å². The van der Waals surface area contributed by atoms with Crippen LogP contribution in [0.25, 0.3) is 0 Å². The van der Waals surface area contributed by atoms with E-state index < -0.39 is 6.10 Å². The Morgan fingerprint density at radius 1 is 1.39 bits per heavy atom. The minimum Gasteiger partial charge on any atom is -0.491 e. The molecule has 0 bridgehead atoms. The van der Waals surface area contributed by atoms with Gasteiger partial charge in [-0.25, -0.2) is 0 Å². The normalized spacial score (nSPS) is 17.9. The number of amides is 1. The summed E-state index contributed by atoms with van der Waals surface area (Å²) in [6, 6.07) is 6.04. The summed E-state index contributed by atoms with van der Waals surface area (Å²) in [4.78, 5) is 13.2. The standard InChI is InChI=1S/C18H28N2O3/c1-13-3-4-17(14(2)9-13)23-12-16(21)11-20-7-5-15(6-8-20)10-18(19)22/h3-4,9,15-16,21H,5-8,10-12H2,1-2H3,(H2,19,22). The number of benzene rings is 1. The second kappa shape index (κ2) is 8.31. The van der Waals surface area contributed by atoms with E-state index >= 15 is 0 Å². The van der Waals surface area contributed by atoms with Crippen LogP contribution in [0, 0.1) is 19.8 Å². The van der Waals surface area contributed by atoms with Gasteiger partial charge in [0.1, 0.15) is 18.5 Å². The van der Waals surface area contributed by atoms with Crippen molar-refractivity contribution in [2.45, 2.75) is 39.2 Å². The number of carbonyl (C=O) groups excluding carboxylic acids is 1. The zero-order chi connectivity index (χ0) is 16.8. The number of likely N-dealkylation sites (tertiary alicyclic amines) is 1. The maximum Gasteiger partial charge on any atom is 0.217 e. The topological polar surface area (TPSA) is 75.8 Å². The first-order valence-electron chi connectivity index (χ1n) is 8.33. The molecule has 3 N–H and O–H groups in total. The number of rotatable bonds is 7. The molecule has 1 heterocycles. The number of nitrogens with zero attached hydrogens (tertiary/aromatic N) is 1. The predicted molar refractivity (Wildman–Crippen MR) is 90.4 cm³/mol. The fourth-order valence-corrected chi connectivity index (χ4v) is 3.16. The highest BCUT2D eigenvalue weighted by atomic mass is 16.5. The highest BCUT2D eigenvalue weighted by Gasteiger charge is 2.22. The molecule has 0 saturated carbocycles. The number of nitrogens with two attached hydrogens (primary N) is 1. The van der Waals surface area contributed by atoms with Crippen molar-refractivity contribution in [3.63, 3.8) is 0 Å². The third-order valence-electron chi connectivity index (χ3n) is 4.43. The molecule has 1 unspecified atom stereocenters. The van der Waals surface area contributed by atoms with E-state index in [9.17, 15) is 9.90 Å². The lowest BCUT2D eigenvalue weighted by atomic mass is 9.93. The molecule has 5 nitrogen and oxygen atoms in total. The Balaban J connectivity index is 1.71. The summed E-state index contributed by atoms with van der Waals surface area (Å²) in [5.41, 5.74) is 7.54. The second-order valence-electron chi connectivity index (χ2n) is 6.65. The average molecular weight is 320 g/mol. The molecule has 1 aliphatic heterocycles. The molecule has 23 heavy (non-hydrogen) atoms. The van der Waals surface area contributed by atoms with E-state index in [-0.39, 0.29) is 5.91 Å².